The summed E-state index contributed by atoms with van der Waals surface area (Å²) in [5, 5.41) is 11.6. The molecule has 1 unspecified atom stereocenters. The molecule has 0 bridgehead atoms. The van der Waals surface area contributed by atoms with E-state index in [1.54, 1.807) is 0 Å². The summed E-state index contributed by atoms with van der Waals surface area (Å²) >= 11 is 3.49. The van der Waals surface area contributed by atoms with Gasteiger partial charge in [-0.05, 0) is 48.0 Å². The van der Waals surface area contributed by atoms with Crippen molar-refractivity contribution in [3.63, 3.8) is 0 Å². The Morgan fingerprint density at radius 3 is 3.07 bits per heavy atom. The second kappa shape index (κ2) is 4.33. The first kappa shape index (κ1) is 10.6. The molecule has 0 spiro atoms. The predicted octanol–water partition coefficient (Wildman–Crippen LogP) is 2.48. The Bertz CT molecular complexity index is 464. The summed E-state index contributed by atoms with van der Waals surface area (Å²) in [6, 6.07) is 6.69. The number of halogens is 1. The predicted molar refractivity (Wildman–Crippen MR) is 66.0 cm³/mol. The Morgan fingerprint density at radius 1 is 1.53 bits per heavy atom. The number of aromatic nitrogens is 2. The lowest BCUT2D eigenvalue weighted by Gasteiger charge is -2.10. The number of hydrogen-bond donors (Lipinski definition) is 2. The summed E-state index contributed by atoms with van der Waals surface area (Å²) in [6.07, 6.45) is 1.01. The van der Waals surface area contributed by atoms with Crippen molar-refractivity contribution in [1.82, 2.24) is 15.5 Å². The fourth-order valence-electron chi connectivity index (χ4n) is 1.70. The molecule has 15 heavy (non-hydrogen) atoms. The number of aromatic amines is 1. The van der Waals surface area contributed by atoms with Crippen LogP contribution in [-0.4, -0.2) is 23.3 Å². The molecule has 1 aromatic heterocycles. The van der Waals surface area contributed by atoms with Crippen LogP contribution in [0.5, 0.6) is 0 Å². The van der Waals surface area contributed by atoms with Gasteiger partial charge in [0, 0.05) is 11.4 Å². The van der Waals surface area contributed by atoms with Gasteiger partial charge >= 0.3 is 0 Å². The zero-order valence-corrected chi connectivity index (χ0v) is 10.4. The summed E-state index contributed by atoms with van der Waals surface area (Å²) in [5.41, 5.74) is 2.33. The van der Waals surface area contributed by atoms with E-state index >= 15 is 0 Å². The van der Waals surface area contributed by atoms with E-state index in [-0.39, 0.29) is 0 Å². The van der Waals surface area contributed by atoms with Crippen LogP contribution in [0.25, 0.3) is 10.9 Å². The summed E-state index contributed by atoms with van der Waals surface area (Å²) in [5.74, 6) is 0. The standard InChI is InChI=1S/C11H14BrN3/c1-7(13-2)6-8-4-3-5-9-10(8)11(12)15-14-9/h3-5,7,13H,6H2,1-2H3,(H,14,15). The second-order valence-electron chi connectivity index (χ2n) is 3.74. The Morgan fingerprint density at radius 2 is 2.33 bits per heavy atom. The van der Waals surface area contributed by atoms with Crippen LogP contribution in [0.4, 0.5) is 0 Å². The largest absolute Gasteiger partial charge is 0.317 e. The fraction of sp³-hybridized carbons (Fsp3) is 0.364. The van der Waals surface area contributed by atoms with Crippen LogP contribution in [-0.2, 0) is 6.42 Å². The molecule has 2 N–H and O–H groups in total. The molecule has 1 aromatic carbocycles. The third kappa shape index (κ3) is 2.06. The van der Waals surface area contributed by atoms with E-state index in [4.69, 9.17) is 0 Å². The lowest BCUT2D eigenvalue weighted by atomic mass is 10.0. The molecule has 0 aliphatic rings. The highest BCUT2D eigenvalue weighted by Crippen LogP contribution is 2.25. The normalized spacial score (nSPS) is 13.3. The minimum atomic E-state index is 0.470. The van der Waals surface area contributed by atoms with Crippen molar-refractivity contribution in [1.29, 1.82) is 0 Å². The van der Waals surface area contributed by atoms with Gasteiger partial charge in [-0.3, -0.25) is 5.10 Å². The van der Waals surface area contributed by atoms with E-state index in [1.165, 1.54) is 10.9 Å². The lowest BCUT2D eigenvalue weighted by molar-refractivity contribution is 0.610. The number of fused-ring (bicyclic) bond motifs is 1. The SMILES string of the molecule is CNC(C)Cc1cccc2n[nH]c(Br)c12. The van der Waals surface area contributed by atoms with E-state index in [2.05, 4.69) is 44.4 Å². The molecule has 0 amide bonds. The monoisotopic (exact) mass is 267 g/mol. The summed E-state index contributed by atoms with van der Waals surface area (Å²) < 4.78 is 0.969. The maximum Gasteiger partial charge on any atom is 0.109 e. The first-order valence-corrected chi connectivity index (χ1v) is 5.80. The minimum Gasteiger partial charge on any atom is -0.317 e. The van der Waals surface area contributed by atoms with Crippen LogP contribution in [0.1, 0.15) is 12.5 Å². The first-order chi connectivity index (χ1) is 7.22. The van der Waals surface area contributed by atoms with Crippen LogP contribution in [0.15, 0.2) is 22.8 Å². The Kier molecular flexibility index (Phi) is 3.07. The van der Waals surface area contributed by atoms with Crippen molar-refractivity contribution in [2.24, 2.45) is 0 Å². The van der Waals surface area contributed by atoms with Gasteiger partial charge in [0.1, 0.15) is 4.60 Å². The lowest BCUT2D eigenvalue weighted by Crippen LogP contribution is -2.23. The number of benzene rings is 1. The molecule has 3 nitrogen and oxygen atoms in total. The number of hydrogen-bond acceptors (Lipinski definition) is 2. The zero-order chi connectivity index (χ0) is 10.8. The van der Waals surface area contributed by atoms with Crippen molar-refractivity contribution in [2.45, 2.75) is 19.4 Å². The molecule has 4 heteroatoms. The zero-order valence-electron chi connectivity index (χ0n) is 8.84. The quantitative estimate of drug-likeness (QED) is 0.897. The number of likely N-dealkylation sites (N-methyl/N-ethyl adjacent to an activating group) is 1. The van der Waals surface area contributed by atoms with E-state index in [9.17, 15) is 0 Å². The van der Waals surface area contributed by atoms with Crippen LogP contribution in [0.3, 0.4) is 0 Å². The van der Waals surface area contributed by atoms with Gasteiger partial charge in [-0.2, -0.15) is 5.10 Å². The van der Waals surface area contributed by atoms with Gasteiger partial charge in [-0.25, -0.2) is 0 Å². The Labute approximate surface area is 97.4 Å². The molecule has 0 radical (unpaired) electrons. The molecule has 1 atom stereocenters. The van der Waals surface area contributed by atoms with Crippen LogP contribution in [0, 0.1) is 0 Å². The van der Waals surface area contributed by atoms with Crippen LogP contribution < -0.4 is 5.32 Å². The van der Waals surface area contributed by atoms with Crippen LogP contribution in [0.2, 0.25) is 0 Å². The maximum atomic E-state index is 4.22. The van der Waals surface area contributed by atoms with Gasteiger partial charge < -0.3 is 5.32 Å². The molecular weight excluding hydrogens is 254 g/mol. The molecule has 2 rings (SSSR count). The van der Waals surface area contributed by atoms with E-state index in [1.807, 2.05) is 19.2 Å². The summed E-state index contributed by atoms with van der Waals surface area (Å²) in [6.45, 7) is 2.17. The second-order valence-corrected chi connectivity index (χ2v) is 4.54. The highest BCUT2D eigenvalue weighted by molar-refractivity contribution is 9.10. The number of H-pyrrole nitrogens is 1. The average molecular weight is 268 g/mol. The van der Waals surface area contributed by atoms with Crippen molar-refractivity contribution < 1.29 is 0 Å². The number of nitrogens with one attached hydrogen (secondary N) is 2. The molecule has 0 fully saturated rings. The van der Waals surface area contributed by atoms with Gasteiger partial charge in [0.15, 0.2) is 0 Å². The third-order valence-electron chi connectivity index (χ3n) is 2.64. The smallest absolute Gasteiger partial charge is 0.109 e. The van der Waals surface area contributed by atoms with Gasteiger partial charge in [-0.15, -0.1) is 0 Å². The number of nitrogens with zero attached hydrogens (tertiary/aromatic N) is 1. The molecule has 80 valence electrons. The van der Waals surface area contributed by atoms with Crippen molar-refractivity contribution in [3.8, 4) is 0 Å². The van der Waals surface area contributed by atoms with Crippen molar-refractivity contribution >= 4 is 26.8 Å². The van der Waals surface area contributed by atoms with Crippen molar-refractivity contribution in [2.75, 3.05) is 7.05 Å². The summed E-state index contributed by atoms with van der Waals surface area (Å²) in [7, 11) is 1.98. The maximum absolute atomic E-state index is 4.22. The third-order valence-corrected chi connectivity index (χ3v) is 3.22. The minimum absolute atomic E-state index is 0.470. The van der Waals surface area contributed by atoms with Crippen molar-refractivity contribution in [3.05, 3.63) is 28.4 Å². The van der Waals surface area contributed by atoms with Gasteiger partial charge in [0.05, 0.1) is 5.52 Å². The van der Waals surface area contributed by atoms with Gasteiger partial charge in [-0.1, -0.05) is 12.1 Å². The van der Waals surface area contributed by atoms with E-state index in [0.717, 1.165) is 16.5 Å². The molecule has 0 saturated carbocycles. The van der Waals surface area contributed by atoms with E-state index in [0.29, 0.717) is 6.04 Å². The van der Waals surface area contributed by atoms with Gasteiger partial charge in [0.2, 0.25) is 0 Å². The molecule has 2 aromatic rings. The van der Waals surface area contributed by atoms with E-state index < -0.39 is 0 Å². The average Bonchev–Trinajstić information content (AvgIpc) is 2.61. The summed E-state index contributed by atoms with van der Waals surface area (Å²) in [4.78, 5) is 0. The topological polar surface area (TPSA) is 40.7 Å². The highest BCUT2D eigenvalue weighted by atomic mass is 79.9. The van der Waals surface area contributed by atoms with Crippen LogP contribution >= 0.6 is 15.9 Å². The van der Waals surface area contributed by atoms with Gasteiger partial charge in [0.25, 0.3) is 0 Å². The highest BCUT2D eigenvalue weighted by Gasteiger charge is 2.09. The first-order valence-electron chi connectivity index (χ1n) is 5.01. The molecule has 1 heterocycles. The Balaban J connectivity index is 2.45. The molecule has 0 aliphatic carbocycles. The molecular formula is C11H14BrN3. The number of rotatable bonds is 3. The molecule has 0 aliphatic heterocycles. The molecule has 0 saturated heterocycles. The fourth-order valence-corrected chi connectivity index (χ4v) is 2.25. The Hall–Kier alpha value is -0.870.